The van der Waals surface area contributed by atoms with Gasteiger partial charge in [0.1, 0.15) is 12.7 Å². The SMILES string of the molecule is CCCCCCCCCCCCCCCCO[C@@H](COC(=O)C(CCCCCCCCCCCCCC)CCCCCCCCCCCCCC)COP(=O)([O-])OCCN(C)C. The van der Waals surface area contributed by atoms with Crippen molar-refractivity contribution in [3.8, 4) is 0 Å². The minimum absolute atomic E-state index is 0.0114. The molecule has 9 heteroatoms. The van der Waals surface area contributed by atoms with Gasteiger partial charge < -0.3 is 28.3 Å². The van der Waals surface area contributed by atoms with Crippen LogP contribution in [0.2, 0.25) is 0 Å². The van der Waals surface area contributed by atoms with Gasteiger partial charge in [-0.05, 0) is 33.4 Å². The summed E-state index contributed by atoms with van der Waals surface area (Å²) in [5.41, 5.74) is 0. The normalized spacial score (nSPS) is 13.4. The molecule has 0 rings (SSSR count). The van der Waals surface area contributed by atoms with Crippen molar-refractivity contribution in [2.75, 3.05) is 47.1 Å². The first-order valence-electron chi connectivity index (χ1n) is 27.3. The molecule has 0 aromatic heterocycles. The molecule has 0 aliphatic rings. The molecule has 0 N–H and O–H groups in total. The summed E-state index contributed by atoms with van der Waals surface area (Å²) in [7, 11) is -0.795. The van der Waals surface area contributed by atoms with E-state index in [1.165, 1.54) is 205 Å². The summed E-state index contributed by atoms with van der Waals surface area (Å²) in [6, 6.07) is 0. The maximum atomic E-state index is 13.7. The van der Waals surface area contributed by atoms with Gasteiger partial charge in [-0.2, -0.15) is 0 Å². The molecule has 0 aliphatic heterocycles. The van der Waals surface area contributed by atoms with Crippen molar-refractivity contribution in [1.82, 2.24) is 4.90 Å². The van der Waals surface area contributed by atoms with Gasteiger partial charge in [0.05, 0.1) is 19.1 Å². The monoisotopic (exact) mass is 901 g/mol. The highest BCUT2D eigenvalue weighted by Crippen LogP contribution is 2.38. The third-order valence-electron chi connectivity index (χ3n) is 12.6. The standard InChI is InChI=1S/C53H108NO7P/c1-6-9-12-15-18-21-24-27-28-31-34-37-40-43-47-58-52(50-61-62(56,57)60-48-46-54(4)5)49-59-53(55)51(44-41-38-35-32-29-25-22-19-16-13-10-7-2)45-42-39-36-33-30-26-23-20-17-14-11-8-3/h51-52H,6-50H2,1-5H3,(H,56,57)/p-1/t52-/m0/s1. The molecular formula is C53H107NO7P-. The second-order valence-corrected chi connectivity index (χ2v) is 20.6. The van der Waals surface area contributed by atoms with Crippen molar-refractivity contribution < 1.29 is 32.8 Å². The zero-order valence-electron chi connectivity index (χ0n) is 42.2. The van der Waals surface area contributed by atoms with E-state index in [2.05, 4.69) is 20.8 Å². The first-order chi connectivity index (χ1) is 30.3. The largest absolute Gasteiger partial charge is 0.756 e. The molecule has 0 saturated carbocycles. The van der Waals surface area contributed by atoms with Gasteiger partial charge in [0.2, 0.25) is 0 Å². The van der Waals surface area contributed by atoms with Crippen LogP contribution in [-0.2, 0) is 27.9 Å². The van der Waals surface area contributed by atoms with Gasteiger partial charge in [0, 0.05) is 13.2 Å². The van der Waals surface area contributed by atoms with E-state index in [-0.39, 0.29) is 31.7 Å². The Bertz CT molecular complexity index is 925. The summed E-state index contributed by atoms with van der Waals surface area (Å²) >= 11 is 0. The highest BCUT2D eigenvalue weighted by molar-refractivity contribution is 7.45. The quantitative estimate of drug-likeness (QED) is 0.0338. The molecule has 1 unspecified atom stereocenters. The molecule has 62 heavy (non-hydrogen) atoms. The Labute approximate surface area is 386 Å². The van der Waals surface area contributed by atoms with Gasteiger partial charge in [-0.15, -0.1) is 0 Å². The van der Waals surface area contributed by atoms with Gasteiger partial charge in [0.25, 0.3) is 7.82 Å². The van der Waals surface area contributed by atoms with Crippen molar-refractivity contribution in [3.05, 3.63) is 0 Å². The second-order valence-electron chi connectivity index (χ2n) is 19.2. The van der Waals surface area contributed by atoms with Crippen LogP contribution in [0.4, 0.5) is 0 Å². The maximum Gasteiger partial charge on any atom is 0.309 e. The number of phosphoric acid groups is 1. The third-order valence-corrected chi connectivity index (χ3v) is 13.6. The lowest BCUT2D eigenvalue weighted by atomic mass is 9.94. The number of unbranched alkanes of at least 4 members (excludes halogenated alkanes) is 35. The van der Waals surface area contributed by atoms with Crippen molar-refractivity contribution >= 4 is 13.8 Å². The van der Waals surface area contributed by atoms with Crippen LogP contribution in [0.1, 0.15) is 278 Å². The van der Waals surface area contributed by atoms with E-state index in [0.29, 0.717) is 13.2 Å². The topological polar surface area (TPSA) is 97.4 Å². The van der Waals surface area contributed by atoms with Crippen LogP contribution >= 0.6 is 7.82 Å². The summed E-state index contributed by atoms with van der Waals surface area (Å²) in [6.45, 7) is 7.55. The van der Waals surface area contributed by atoms with Crippen molar-refractivity contribution in [2.24, 2.45) is 5.92 Å². The second kappa shape index (κ2) is 48.4. The van der Waals surface area contributed by atoms with Crippen LogP contribution in [0, 0.1) is 5.92 Å². The fourth-order valence-corrected chi connectivity index (χ4v) is 9.10. The zero-order valence-corrected chi connectivity index (χ0v) is 43.1. The summed E-state index contributed by atoms with van der Waals surface area (Å²) in [5, 5.41) is 0. The summed E-state index contributed by atoms with van der Waals surface area (Å²) in [5.74, 6) is -0.303. The van der Waals surface area contributed by atoms with Crippen LogP contribution in [0.25, 0.3) is 0 Å². The lowest BCUT2D eigenvalue weighted by molar-refractivity contribution is -0.228. The summed E-state index contributed by atoms with van der Waals surface area (Å²) in [4.78, 5) is 28.1. The lowest BCUT2D eigenvalue weighted by Gasteiger charge is -2.26. The number of hydrogen-bond donors (Lipinski definition) is 0. The first kappa shape index (κ1) is 61.5. The number of carbonyl (C=O) groups is 1. The van der Waals surface area contributed by atoms with Gasteiger partial charge >= 0.3 is 5.97 Å². The Morgan fingerprint density at radius 2 is 0.774 bits per heavy atom. The molecule has 0 bridgehead atoms. The van der Waals surface area contributed by atoms with E-state index < -0.39 is 13.9 Å². The Kier molecular flexibility index (Phi) is 48.0. The van der Waals surface area contributed by atoms with Gasteiger partial charge in [-0.3, -0.25) is 9.36 Å². The van der Waals surface area contributed by atoms with E-state index >= 15 is 0 Å². The molecule has 0 radical (unpaired) electrons. The number of rotatable bonds is 52. The molecule has 0 amide bonds. The molecule has 0 fully saturated rings. The molecule has 0 aliphatic carbocycles. The number of likely N-dealkylation sites (N-methyl/N-ethyl adjacent to an activating group) is 1. The van der Waals surface area contributed by atoms with Crippen LogP contribution < -0.4 is 4.89 Å². The Balaban J connectivity index is 4.94. The van der Waals surface area contributed by atoms with Crippen molar-refractivity contribution in [3.63, 3.8) is 0 Å². The van der Waals surface area contributed by atoms with E-state index in [9.17, 15) is 14.3 Å². The molecule has 0 aromatic rings. The average Bonchev–Trinajstić information content (AvgIpc) is 3.25. The van der Waals surface area contributed by atoms with Crippen molar-refractivity contribution in [1.29, 1.82) is 0 Å². The summed E-state index contributed by atoms with van der Waals surface area (Å²) in [6.07, 6.45) is 50.1. The average molecular weight is 901 g/mol. The Morgan fingerprint density at radius 1 is 0.452 bits per heavy atom. The maximum absolute atomic E-state index is 13.7. The minimum atomic E-state index is -4.52. The van der Waals surface area contributed by atoms with Crippen LogP contribution in [0.5, 0.6) is 0 Å². The molecular weight excluding hydrogens is 794 g/mol. The fourth-order valence-electron chi connectivity index (χ4n) is 8.37. The van der Waals surface area contributed by atoms with Gasteiger partial charge in [0.15, 0.2) is 0 Å². The van der Waals surface area contributed by atoms with E-state index in [1.807, 2.05) is 19.0 Å². The molecule has 8 nitrogen and oxygen atoms in total. The fraction of sp³-hybridized carbons (Fsp3) is 0.981. The number of phosphoric ester groups is 1. The number of ether oxygens (including phenoxy) is 2. The van der Waals surface area contributed by atoms with E-state index in [0.717, 1.165) is 51.4 Å². The highest BCUT2D eigenvalue weighted by Gasteiger charge is 2.23. The predicted molar refractivity (Wildman–Crippen MR) is 264 cm³/mol. The van der Waals surface area contributed by atoms with Crippen LogP contribution in [0.3, 0.4) is 0 Å². The first-order valence-corrected chi connectivity index (χ1v) is 28.7. The molecule has 0 heterocycles. The number of esters is 1. The minimum Gasteiger partial charge on any atom is -0.756 e. The molecule has 2 atom stereocenters. The van der Waals surface area contributed by atoms with E-state index in [1.54, 1.807) is 0 Å². The van der Waals surface area contributed by atoms with E-state index in [4.69, 9.17) is 18.5 Å². The van der Waals surface area contributed by atoms with Crippen LogP contribution in [0.15, 0.2) is 0 Å². The van der Waals surface area contributed by atoms with Crippen LogP contribution in [-0.4, -0.2) is 64.0 Å². The van der Waals surface area contributed by atoms with Gasteiger partial charge in [-0.1, -0.05) is 258 Å². The predicted octanol–water partition coefficient (Wildman–Crippen LogP) is 16.3. The van der Waals surface area contributed by atoms with Gasteiger partial charge in [-0.25, -0.2) is 0 Å². The Morgan fingerprint density at radius 3 is 1.11 bits per heavy atom. The molecule has 0 saturated heterocycles. The smallest absolute Gasteiger partial charge is 0.309 e. The number of carbonyl (C=O) groups excluding carboxylic acids is 1. The highest BCUT2D eigenvalue weighted by atomic mass is 31.2. The summed E-state index contributed by atoms with van der Waals surface area (Å²) < 4.78 is 35.0. The number of hydrogen-bond acceptors (Lipinski definition) is 8. The number of nitrogens with zero attached hydrogens (tertiary/aromatic N) is 1. The Hall–Kier alpha value is -0.500. The molecule has 0 aromatic carbocycles. The lowest BCUT2D eigenvalue weighted by Crippen LogP contribution is -2.30. The zero-order chi connectivity index (χ0) is 45.5. The van der Waals surface area contributed by atoms with Crippen molar-refractivity contribution in [2.45, 2.75) is 284 Å². The molecule has 0 spiro atoms. The molecule has 372 valence electrons. The third kappa shape index (κ3) is 46.0.